The molecule has 0 amide bonds. The maximum atomic E-state index is 12.3. The largest absolute Gasteiger partial charge is 0.435 e. The van der Waals surface area contributed by atoms with Crippen LogP contribution in [-0.4, -0.2) is 15.6 Å². The van der Waals surface area contributed by atoms with Gasteiger partial charge in [0.2, 0.25) is 0 Å². The van der Waals surface area contributed by atoms with E-state index in [4.69, 9.17) is 11.1 Å². The molecule has 4 nitrogen and oxygen atoms in total. The fourth-order valence-electron chi connectivity index (χ4n) is 0.990. The minimum absolute atomic E-state index is 0.302. The number of hydrogen-bond donors (Lipinski definition) is 2. The summed E-state index contributed by atoms with van der Waals surface area (Å²) in [5.74, 6) is -0.628. The Morgan fingerprint density at radius 3 is 2.50 bits per heavy atom. The second-order valence-corrected chi connectivity index (χ2v) is 2.66. The van der Waals surface area contributed by atoms with E-state index in [0.717, 1.165) is 10.9 Å². The predicted molar refractivity (Wildman–Crippen MR) is 43.9 cm³/mol. The Morgan fingerprint density at radius 1 is 1.64 bits per heavy atom. The van der Waals surface area contributed by atoms with Gasteiger partial charge in [0.05, 0.1) is 5.56 Å². The maximum Gasteiger partial charge on any atom is 0.435 e. The quantitative estimate of drug-likeness (QED) is 0.564. The molecule has 0 spiro atoms. The Bertz CT molecular complexity index is 352. The zero-order valence-electron chi connectivity index (χ0n) is 7.39. The van der Waals surface area contributed by atoms with Gasteiger partial charge in [-0.25, -0.2) is 0 Å². The minimum atomic E-state index is -4.57. The minimum Gasteiger partial charge on any atom is -0.384 e. The van der Waals surface area contributed by atoms with Crippen LogP contribution in [-0.2, 0) is 12.7 Å². The van der Waals surface area contributed by atoms with E-state index in [9.17, 15) is 13.2 Å². The number of aromatic nitrogens is 2. The Kier molecular flexibility index (Phi) is 2.50. The van der Waals surface area contributed by atoms with Crippen molar-refractivity contribution in [2.45, 2.75) is 19.6 Å². The highest BCUT2D eigenvalue weighted by molar-refractivity contribution is 5.95. The van der Waals surface area contributed by atoms with Crippen molar-refractivity contribution in [3.8, 4) is 0 Å². The van der Waals surface area contributed by atoms with E-state index >= 15 is 0 Å². The summed E-state index contributed by atoms with van der Waals surface area (Å²) in [5, 5.41) is 10.3. The lowest BCUT2D eigenvalue weighted by Gasteiger charge is -2.03. The van der Waals surface area contributed by atoms with Gasteiger partial charge in [-0.3, -0.25) is 10.1 Å². The molecule has 0 radical (unpaired) electrons. The smallest absolute Gasteiger partial charge is 0.384 e. The molecule has 0 aliphatic carbocycles. The number of hydrogen-bond acceptors (Lipinski definition) is 2. The van der Waals surface area contributed by atoms with Crippen molar-refractivity contribution >= 4 is 5.84 Å². The topological polar surface area (TPSA) is 67.7 Å². The molecule has 0 aliphatic heterocycles. The zero-order valence-corrected chi connectivity index (χ0v) is 7.39. The van der Waals surface area contributed by atoms with Crippen LogP contribution in [0.15, 0.2) is 6.20 Å². The lowest BCUT2D eigenvalue weighted by molar-refractivity contribution is -0.141. The molecule has 0 aromatic carbocycles. The molecular weight excluding hydrogens is 197 g/mol. The average molecular weight is 206 g/mol. The van der Waals surface area contributed by atoms with Gasteiger partial charge < -0.3 is 5.73 Å². The number of nitrogen functional groups attached to an aromatic ring is 1. The Labute approximate surface area is 78.0 Å². The van der Waals surface area contributed by atoms with E-state index < -0.39 is 17.7 Å². The lowest BCUT2D eigenvalue weighted by Crippen LogP contribution is -2.17. The highest BCUT2D eigenvalue weighted by Gasteiger charge is 2.37. The number of rotatable bonds is 2. The van der Waals surface area contributed by atoms with Gasteiger partial charge in [0, 0.05) is 12.7 Å². The summed E-state index contributed by atoms with van der Waals surface area (Å²) in [6.07, 6.45) is -3.45. The molecule has 0 saturated heterocycles. The summed E-state index contributed by atoms with van der Waals surface area (Å²) in [7, 11) is 0. The third kappa shape index (κ3) is 1.86. The zero-order chi connectivity index (χ0) is 10.9. The highest BCUT2D eigenvalue weighted by atomic mass is 19.4. The predicted octanol–water partition coefficient (Wildman–Crippen LogP) is 1.21. The van der Waals surface area contributed by atoms with Gasteiger partial charge in [-0.15, -0.1) is 0 Å². The van der Waals surface area contributed by atoms with E-state index in [1.807, 2.05) is 0 Å². The fraction of sp³-hybridized carbons (Fsp3) is 0.429. The van der Waals surface area contributed by atoms with Crippen molar-refractivity contribution in [1.29, 1.82) is 5.41 Å². The lowest BCUT2D eigenvalue weighted by atomic mass is 10.2. The van der Waals surface area contributed by atoms with E-state index in [-0.39, 0.29) is 5.56 Å². The van der Waals surface area contributed by atoms with Gasteiger partial charge in [-0.05, 0) is 6.92 Å². The van der Waals surface area contributed by atoms with Crippen LogP contribution >= 0.6 is 0 Å². The van der Waals surface area contributed by atoms with Crippen LogP contribution in [0.4, 0.5) is 13.2 Å². The van der Waals surface area contributed by atoms with Gasteiger partial charge in [-0.1, -0.05) is 0 Å². The van der Waals surface area contributed by atoms with Crippen LogP contribution in [0.2, 0.25) is 0 Å². The second-order valence-electron chi connectivity index (χ2n) is 2.66. The first-order chi connectivity index (χ1) is 6.36. The molecule has 1 rings (SSSR count). The molecule has 0 fully saturated rings. The van der Waals surface area contributed by atoms with Crippen molar-refractivity contribution in [3.63, 3.8) is 0 Å². The molecule has 14 heavy (non-hydrogen) atoms. The number of nitrogens with zero attached hydrogens (tertiary/aromatic N) is 2. The highest BCUT2D eigenvalue weighted by Crippen LogP contribution is 2.30. The fourth-order valence-corrected chi connectivity index (χ4v) is 0.990. The Balaban J connectivity index is 3.26. The number of halogens is 3. The monoisotopic (exact) mass is 206 g/mol. The maximum absolute atomic E-state index is 12.3. The number of nitrogens with one attached hydrogen (secondary N) is 1. The van der Waals surface area contributed by atoms with Crippen LogP contribution in [0, 0.1) is 5.41 Å². The van der Waals surface area contributed by atoms with Gasteiger partial charge in [0.15, 0.2) is 5.69 Å². The summed E-state index contributed by atoms with van der Waals surface area (Å²) < 4.78 is 38.1. The SMILES string of the molecule is CCn1cc(C(=N)N)c(C(F)(F)F)n1. The van der Waals surface area contributed by atoms with Crippen molar-refractivity contribution in [1.82, 2.24) is 9.78 Å². The van der Waals surface area contributed by atoms with E-state index in [0.29, 0.717) is 6.54 Å². The van der Waals surface area contributed by atoms with Crippen LogP contribution in [0.3, 0.4) is 0 Å². The molecule has 1 heterocycles. The first-order valence-electron chi connectivity index (χ1n) is 3.85. The molecule has 78 valence electrons. The molecule has 3 N–H and O–H groups in total. The van der Waals surface area contributed by atoms with Crippen LogP contribution in [0.5, 0.6) is 0 Å². The Morgan fingerprint density at radius 2 is 2.21 bits per heavy atom. The molecule has 0 aliphatic rings. The van der Waals surface area contributed by atoms with Crippen LogP contribution < -0.4 is 5.73 Å². The summed E-state index contributed by atoms with van der Waals surface area (Å²) in [4.78, 5) is 0. The molecule has 1 aromatic heterocycles. The number of alkyl halides is 3. The first-order valence-corrected chi connectivity index (χ1v) is 3.85. The molecule has 0 unspecified atom stereocenters. The van der Waals surface area contributed by atoms with Gasteiger partial charge in [0.25, 0.3) is 0 Å². The van der Waals surface area contributed by atoms with Gasteiger partial charge in [-0.2, -0.15) is 18.3 Å². The second kappa shape index (κ2) is 3.32. The molecule has 0 atom stereocenters. The molecule has 0 saturated carbocycles. The summed E-state index contributed by atoms with van der Waals surface area (Å²) >= 11 is 0. The molecule has 7 heteroatoms. The third-order valence-corrected chi connectivity index (χ3v) is 1.64. The Hall–Kier alpha value is -1.53. The van der Waals surface area contributed by atoms with Crippen molar-refractivity contribution in [2.24, 2.45) is 5.73 Å². The van der Waals surface area contributed by atoms with E-state index in [2.05, 4.69) is 5.10 Å². The number of amidine groups is 1. The van der Waals surface area contributed by atoms with Gasteiger partial charge >= 0.3 is 6.18 Å². The van der Waals surface area contributed by atoms with Crippen LogP contribution in [0.25, 0.3) is 0 Å². The van der Waals surface area contributed by atoms with Crippen molar-refractivity contribution < 1.29 is 13.2 Å². The number of aryl methyl sites for hydroxylation is 1. The molecular formula is C7H9F3N4. The van der Waals surface area contributed by atoms with Crippen molar-refractivity contribution in [2.75, 3.05) is 0 Å². The molecule has 0 bridgehead atoms. The standard InChI is InChI=1S/C7H9F3N4/c1-2-14-3-4(6(11)12)5(13-14)7(8,9)10/h3H,2H2,1H3,(H3,11,12). The van der Waals surface area contributed by atoms with Crippen molar-refractivity contribution in [3.05, 3.63) is 17.5 Å². The van der Waals surface area contributed by atoms with E-state index in [1.54, 1.807) is 6.92 Å². The average Bonchev–Trinajstić information content (AvgIpc) is 2.46. The van der Waals surface area contributed by atoms with Gasteiger partial charge in [0.1, 0.15) is 5.84 Å². The summed E-state index contributed by atoms with van der Waals surface area (Å²) in [6.45, 7) is 1.95. The molecule has 1 aromatic rings. The normalized spacial score (nSPS) is 11.7. The third-order valence-electron chi connectivity index (χ3n) is 1.64. The number of nitrogens with two attached hydrogens (primary N) is 1. The van der Waals surface area contributed by atoms with Crippen LogP contribution in [0.1, 0.15) is 18.2 Å². The first kappa shape index (κ1) is 10.6. The summed E-state index contributed by atoms with van der Waals surface area (Å²) in [5.41, 5.74) is 3.53. The van der Waals surface area contributed by atoms with E-state index in [1.165, 1.54) is 0 Å². The summed E-state index contributed by atoms with van der Waals surface area (Å²) in [6, 6.07) is 0.